The second-order valence-corrected chi connectivity index (χ2v) is 10.8. The predicted octanol–water partition coefficient (Wildman–Crippen LogP) is 2.41. The fourth-order valence-corrected chi connectivity index (χ4v) is 6.92. The van der Waals surface area contributed by atoms with E-state index < -0.39 is 10.2 Å². The number of hydrogen-bond acceptors (Lipinski definition) is 5. The van der Waals surface area contributed by atoms with Gasteiger partial charge >= 0.3 is 0 Å². The second kappa shape index (κ2) is 8.31. The van der Waals surface area contributed by atoms with Crippen molar-refractivity contribution >= 4 is 37.5 Å². The monoisotopic (exact) mass is 437 g/mol. The van der Waals surface area contributed by atoms with Crippen molar-refractivity contribution in [1.29, 1.82) is 0 Å². The summed E-state index contributed by atoms with van der Waals surface area (Å²) in [6.45, 7) is 6.42. The van der Waals surface area contributed by atoms with E-state index in [-0.39, 0.29) is 17.9 Å². The van der Waals surface area contributed by atoms with Crippen LogP contribution in [0.2, 0.25) is 0 Å². The Morgan fingerprint density at radius 3 is 2.62 bits per heavy atom. The number of carbonyl (C=O) groups excluding carboxylic acids is 1. The average molecular weight is 438 g/mol. The Balaban J connectivity index is 1.64. The Hall–Kier alpha value is -1.52. The molecule has 2 saturated heterocycles. The molecule has 29 heavy (non-hydrogen) atoms. The number of fused-ring (bicyclic) bond motifs is 1. The maximum Gasteiger partial charge on any atom is 0.282 e. The number of amides is 1. The van der Waals surface area contributed by atoms with E-state index in [0.717, 1.165) is 15.6 Å². The minimum atomic E-state index is -3.50. The molecule has 0 saturated carbocycles. The van der Waals surface area contributed by atoms with Crippen LogP contribution in [-0.2, 0) is 14.9 Å². The molecular weight excluding hydrogens is 410 g/mol. The normalized spacial score (nSPS) is 21.8. The highest BCUT2D eigenvalue weighted by molar-refractivity contribution is 7.86. The van der Waals surface area contributed by atoms with E-state index in [2.05, 4.69) is 5.32 Å². The number of nitrogens with zero attached hydrogens (tertiary/aromatic N) is 2. The molecule has 0 unspecified atom stereocenters. The molecule has 1 aromatic heterocycles. The lowest BCUT2D eigenvalue weighted by atomic mass is 9.95. The van der Waals surface area contributed by atoms with E-state index >= 15 is 0 Å². The molecule has 0 bridgehead atoms. The topological polar surface area (TPSA) is 79.0 Å². The maximum absolute atomic E-state index is 13.1. The first-order valence-electron chi connectivity index (χ1n) is 10.0. The summed E-state index contributed by atoms with van der Waals surface area (Å²) in [5, 5.41) is 4.05. The number of nitrogens with one attached hydrogen (secondary N) is 1. The molecule has 0 radical (unpaired) electrons. The largest absolute Gasteiger partial charge is 0.379 e. The Morgan fingerprint density at radius 1 is 1.17 bits per heavy atom. The van der Waals surface area contributed by atoms with Gasteiger partial charge in [-0.3, -0.25) is 4.79 Å². The molecule has 2 aromatic rings. The Bertz CT molecular complexity index is 996. The van der Waals surface area contributed by atoms with Crippen LogP contribution in [0.4, 0.5) is 0 Å². The molecule has 2 aliphatic heterocycles. The smallest absolute Gasteiger partial charge is 0.282 e. The molecule has 1 amide bonds. The fraction of sp³-hybridized carbons (Fsp3) is 0.550. The van der Waals surface area contributed by atoms with Crippen LogP contribution in [0.3, 0.4) is 0 Å². The summed E-state index contributed by atoms with van der Waals surface area (Å²) >= 11 is 1.49. The molecule has 2 aliphatic rings. The Morgan fingerprint density at radius 2 is 1.90 bits per heavy atom. The minimum absolute atomic E-state index is 0.00915. The maximum atomic E-state index is 13.1. The molecule has 1 N–H and O–H groups in total. The zero-order valence-corrected chi connectivity index (χ0v) is 18.4. The van der Waals surface area contributed by atoms with Gasteiger partial charge in [0.1, 0.15) is 0 Å². The van der Waals surface area contributed by atoms with E-state index in [9.17, 15) is 13.2 Å². The van der Waals surface area contributed by atoms with Crippen molar-refractivity contribution in [2.75, 3.05) is 39.4 Å². The van der Waals surface area contributed by atoms with Gasteiger partial charge in [0.15, 0.2) is 0 Å². The van der Waals surface area contributed by atoms with Gasteiger partial charge in [-0.2, -0.15) is 17.0 Å². The second-order valence-electron chi connectivity index (χ2n) is 7.83. The Labute approximate surface area is 175 Å². The minimum Gasteiger partial charge on any atom is -0.379 e. The third-order valence-electron chi connectivity index (χ3n) is 5.44. The SMILES string of the molecule is CC(C)NC(=O)c1sc2ccccc2c1[C@@H]1CCN(S(=O)(=O)N2CCOCC2)C1. The molecule has 1 aromatic carbocycles. The molecule has 158 valence electrons. The van der Waals surface area contributed by atoms with Gasteiger partial charge in [0.25, 0.3) is 16.1 Å². The first kappa shape index (κ1) is 20.7. The zero-order chi connectivity index (χ0) is 20.6. The molecule has 0 spiro atoms. The summed E-state index contributed by atoms with van der Waals surface area (Å²) in [5.74, 6) is -0.0689. The van der Waals surface area contributed by atoms with Crippen molar-refractivity contribution in [3.63, 3.8) is 0 Å². The number of rotatable bonds is 5. The van der Waals surface area contributed by atoms with Crippen LogP contribution in [0.1, 0.15) is 41.4 Å². The van der Waals surface area contributed by atoms with E-state index in [4.69, 9.17) is 4.74 Å². The van der Waals surface area contributed by atoms with Gasteiger partial charge in [0, 0.05) is 42.8 Å². The lowest BCUT2D eigenvalue weighted by Crippen LogP contribution is -2.47. The van der Waals surface area contributed by atoms with Crippen LogP contribution in [-0.4, -0.2) is 68.4 Å². The molecule has 7 nitrogen and oxygen atoms in total. The third-order valence-corrected chi connectivity index (χ3v) is 8.63. The van der Waals surface area contributed by atoms with Crippen molar-refractivity contribution in [2.24, 2.45) is 0 Å². The summed E-state index contributed by atoms with van der Waals surface area (Å²) in [4.78, 5) is 13.6. The first-order chi connectivity index (χ1) is 13.9. The molecule has 9 heteroatoms. The van der Waals surface area contributed by atoms with Gasteiger partial charge in [-0.1, -0.05) is 18.2 Å². The van der Waals surface area contributed by atoms with E-state index in [0.29, 0.717) is 50.7 Å². The molecule has 3 heterocycles. The average Bonchev–Trinajstić information content (AvgIpc) is 3.33. The number of benzene rings is 1. The third kappa shape index (κ3) is 4.06. The lowest BCUT2D eigenvalue weighted by molar-refractivity contribution is 0.0705. The highest BCUT2D eigenvalue weighted by Crippen LogP contribution is 2.41. The van der Waals surface area contributed by atoms with Crippen LogP contribution < -0.4 is 5.32 Å². The van der Waals surface area contributed by atoms with Gasteiger partial charge < -0.3 is 10.1 Å². The highest BCUT2D eigenvalue weighted by atomic mass is 32.2. The van der Waals surface area contributed by atoms with Crippen molar-refractivity contribution < 1.29 is 17.9 Å². The predicted molar refractivity (Wildman–Crippen MR) is 115 cm³/mol. The van der Waals surface area contributed by atoms with Crippen LogP contribution >= 0.6 is 11.3 Å². The number of hydrogen-bond donors (Lipinski definition) is 1. The van der Waals surface area contributed by atoms with Crippen molar-refractivity contribution in [1.82, 2.24) is 13.9 Å². The zero-order valence-electron chi connectivity index (χ0n) is 16.8. The van der Waals surface area contributed by atoms with Crippen molar-refractivity contribution in [2.45, 2.75) is 32.2 Å². The summed E-state index contributed by atoms with van der Waals surface area (Å²) < 4.78 is 35.5. The van der Waals surface area contributed by atoms with E-state index in [1.54, 1.807) is 4.31 Å². The summed E-state index contributed by atoms with van der Waals surface area (Å²) in [5.41, 5.74) is 0.989. The van der Waals surface area contributed by atoms with E-state index in [1.165, 1.54) is 15.6 Å². The van der Waals surface area contributed by atoms with Gasteiger partial charge in [-0.15, -0.1) is 11.3 Å². The molecule has 2 fully saturated rings. The Kier molecular flexibility index (Phi) is 5.94. The number of ether oxygens (including phenoxy) is 1. The van der Waals surface area contributed by atoms with Gasteiger partial charge in [0.2, 0.25) is 0 Å². The lowest BCUT2D eigenvalue weighted by Gasteiger charge is -2.30. The molecular formula is C20H27N3O4S2. The fourth-order valence-electron chi connectivity index (χ4n) is 4.08. The number of thiophene rings is 1. The molecule has 1 atom stereocenters. The van der Waals surface area contributed by atoms with Crippen LogP contribution in [0.15, 0.2) is 24.3 Å². The summed E-state index contributed by atoms with van der Waals surface area (Å²) in [6.07, 6.45) is 0.715. The van der Waals surface area contributed by atoms with Crippen LogP contribution in [0.5, 0.6) is 0 Å². The van der Waals surface area contributed by atoms with Gasteiger partial charge in [-0.05, 0) is 37.3 Å². The summed E-state index contributed by atoms with van der Waals surface area (Å²) in [6, 6.07) is 8.04. The van der Waals surface area contributed by atoms with Crippen LogP contribution in [0, 0.1) is 0 Å². The number of carbonyl (C=O) groups is 1. The van der Waals surface area contributed by atoms with Gasteiger partial charge in [0.05, 0.1) is 18.1 Å². The molecule has 0 aliphatic carbocycles. The van der Waals surface area contributed by atoms with Crippen molar-refractivity contribution in [3.8, 4) is 0 Å². The van der Waals surface area contributed by atoms with Crippen molar-refractivity contribution in [3.05, 3.63) is 34.7 Å². The standard InChI is InChI=1S/C20H27N3O4S2/c1-14(2)21-20(24)19-18(16-5-3-4-6-17(16)28-19)15-7-8-23(13-15)29(25,26)22-9-11-27-12-10-22/h3-6,14-15H,7-13H2,1-2H3,(H,21,24)/t15-/m1/s1. The van der Waals surface area contributed by atoms with Crippen LogP contribution in [0.25, 0.3) is 10.1 Å². The number of morpholine rings is 1. The van der Waals surface area contributed by atoms with E-state index in [1.807, 2.05) is 38.1 Å². The highest BCUT2D eigenvalue weighted by Gasteiger charge is 2.38. The summed E-state index contributed by atoms with van der Waals surface area (Å²) in [7, 11) is -3.50. The first-order valence-corrected chi connectivity index (χ1v) is 12.2. The quantitative estimate of drug-likeness (QED) is 0.779. The molecule has 4 rings (SSSR count). The van der Waals surface area contributed by atoms with Gasteiger partial charge in [-0.25, -0.2) is 0 Å².